The molecule has 0 aliphatic carbocycles. The lowest BCUT2D eigenvalue weighted by atomic mass is 10.1. The molecule has 8 heteroatoms. The van der Waals surface area contributed by atoms with E-state index in [0.717, 1.165) is 0 Å². The van der Waals surface area contributed by atoms with Gasteiger partial charge >= 0.3 is 6.09 Å². The van der Waals surface area contributed by atoms with Gasteiger partial charge in [0.15, 0.2) is 5.82 Å². The number of carbonyl (C=O) groups excluding carboxylic acids is 1. The molecule has 2 atom stereocenters. The van der Waals surface area contributed by atoms with Crippen molar-refractivity contribution in [3.63, 3.8) is 0 Å². The summed E-state index contributed by atoms with van der Waals surface area (Å²) in [5.74, 6) is 0.128. The first-order valence-corrected chi connectivity index (χ1v) is 7.29. The van der Waals surface area contributed by atoms with Gasteiger partial charge in [0.05, 0.1) is 10.6 Å². The highest BCUT2D eigenvalue weighted by Gasteiger charge is 2.21. The van der Waals surface area contributed by atoms with Crippen LogP contribution in [0.5, 0.6) is 0 Å². The third-order valence-electron chi connectivity index (χ3n) is 2.38. The Morgan fingerprint density at radius 1 is 1.38 bits per heavy atom. The van der Waals surface area contributed by atoms with E-state index in [9.17, 15) is 15.0 Å². The SMILES string of the molecule is CC(C)(C)OC(=O)NCCC(O)C(O)c1ncc(Br)cn1. The predicted octanol–water partition coefficient (Wildman–Crippen LogP) is 1.55. The van der Waals surface area contributed by atoms with Gasteiger partial charge in [-0.15, -0.1) is 0 Å². The lowest BCUT2D eigenvalue weighted by Crippen LogP contribution is -2.34. The molecule has 0 spiro atoms. The highest BCUT2D eigenvalue weighted by molar-refractivity contribution is 9.10. The molecule has 0 saturated heterocycles. The molecule has 21 heavy (non-hydrogen) atoms. The summed E-state index contributed by atoms with van der Waals surface area (Å²) in [6.45, 7) is 5.45. The van der Waals surface area contributed by atoms with Gasteiger partial charge in [0.25, 0.3) is 0 Å². The topological polar surface area (TPSA) is 105 Å². The molecule has 0 aromatic carbocycles. The molecule has 0 aliphatic rings. The first-order valence-electron chi connectivity index (χ1n) is 6.49. The number of ether oxygens (including phenoxy) is 1. The second kappa shape index (κ2) is 7.67. The van der Waals surface area contributed by atoms with Gasteiger partial charge in [-0.2, -0.15) is 0 Å². The third kappa shape index (κ3) is 6.83. The van der Waals surface area contributed by atoms with Crippen molar-refractivity contribution in [3.05, 3.63) is 22.7 Å². The van der Waals surface area contributed by atoms with Crippen molar-refractivity contribution in [2.45, 2.75) is 45.0 Å². The standard InChI is InChI=1S/C13H20BrN3O4/c1-13(2,3)21-12(20)15-5-4-9(18)10(19)11-16-6-8(14)7-17-11/h6-7,9-10,18-19H,4-5H2,1-3H3,(H,15,20). The molecule has 2 unspecified atom stereocenters. The Morgan fingerprint density at radius 3 is 2.48 bits per heavy atom. The molecular weight excluding hydrogens is 342 g/mol. The number of carbonyl (C=O) groups is 1. The Morgan fingerprint density at radius 2 is 1.95 bits per heavy atom. The second-order valence-corrected chi connectivity index (χ2v) is 6.40. The van der Waals surface area contributed by atoms with E-state index >= 15 is 0 Å². The van der Waals surface area contributed by atoms with E-state index < -0.39 is 23.9 Å². The van der Waals surface area contributed by atoms with Crippen LogP contribution in [0.25, 0.3) is 0 Å². The van der Waals surface area contributed by atoms with Gasteiger partial charge in [-0.1, -0.05) is 0 Å². The highest BCUT2D eigenvalue weighted by Crippen LogP contribution is 2.16. The molecule has 1 amide bonds. The average molecular weight is 362 g/mol. The zero-order chi connectivity index (χ0) is 16.0. The Balaban J connectivity index is 2.38. The van der Waals surface area contributed by atoms with Crippen molar-refractivity contribution in [3.8, 4) is 0 Å². The Kier molecular flexibility index (Phi) is 6.50. The minimum absolute atomic E-state index is 0.128. The number of nitrogens with one attached hydrogen (secondary N) is 1. The second-order valence-electron chi connectivity index (χ2n) is 5.49. The van der Waals surface area contributed by atoms with Crippen LogP contribution in [-0.2, 0) is 4.74 Å². The summed E-state index contributed by atoms with van der Waals surface area (Å²) in [7, 11) is 0. The molecule has 118 valence electrons. The van der Waals surface area contributed by atoms with Crippen LogP contribution >= 0.6 is 15.9 Å². The molecule has 1 aromatic rings. The minimum Gasteiger partial charge on any atom is -0.444 e. The van der Waals surface area contributed by atoms with Gasteiger partial charge in [0.2, 0.25) is 0 Å². The van der Waals surface area contributed by atoms with Gasteiger partial charge in [0.1, 0.15) is 11.7 Å². The van der Waals surface area contributed by atoms with Crippen LogP contribution in [0.2, 0.25) is 0 Å². The number of alkyl carbamates (subject to hydrolysis) is 1. The maximum absolute atomic E-state index is 11.4. The number of nitrogens with zero attached hydrogens (tertiary/aromatic N) is 2. The van der Waals surface area contributed by atoms with Crippen LogP contribution < -0.4 is 5.32 Å². The lowest BCUT2D eigenvalue weighted by molar-refractivity contribution is 0.00732. The molecule has 0 radical (unpaired) electrons. The number of hydrogen-bond donors (Lipinski definition) is 3. The largest absolute Gasteiger partial charge is 0.444 e. The summed E-state index contributed by atoms with van der Waals surface area (Å²) in [6, 6.07) is 0. The van der Waals surface area contributed by atoms with Crippen molar-refractivity contribution >= 4 is 22.0 Å². The Bertz CT molecular complexity index is 461. The van der Waals surface area contributed by atoms with Crippen LogP contribution in [0.15, 0.2) is 16.9 Å². The zero-order valence-corrected chi connectivity index (χ0v) is 13.8. The molecule has 1 heterocycles. The number of halogens is 1. The number of aromatic nitrogens is 2. The molecule has 0 fully saturated rings. The summed E-state index contributed by atoms with van der Waals surface area (Å²) < 4.78 is 5.73. The van der Waals surface area contributed by atoms with E-state index in [1.807, 2.05) is 0 Å². The van der Waals surface area contributed by atoms with Crippen molar-refractivity contribution in [1.29, 1.82) is 0 Å². The van der Waals surface area contributed by atoms with E-state index in [2.05, 4.69) is 31.2 Å². The number of hydrogen-bond acceptors (Lipinski definition) is 6. The number of aliphatic hydroxyl groups excluding tert-OH is 2. The van der Waals surface area contributed by atoms with Crippen LogP contribution in [-0.4, -0.2) is 44.5 Å². The maximum atomic E-state index is 11.4. The van der Waals surface area contributed by atoms with Gasteiger partial charge in [-0.05, 0) is 43.1 Å². The van der Waals surface area contributed by atoms with Crippen LogP contribution in [0, 0.1) is 0 Å². The molecular formula is C13H20BrN3O4. The lowest BCUT2D eigenvalue weighted by Gasteiger charge is -2.20. The predicted molar refractivity (Wildman–Crippen MR) is 79.6 cm³/mol. The molecule has 3 N–H and O–H groups in total. The van der Waals surface area contributed by atoms with Crippen molar-refractivity contribution in [2.24, 2.45) is 0 Å². The fourth-order valence-corrected chi connectivity index (χ4v) is 1.65. The fourth-order valence-electron chi connectivity index (χ4n) is 1.44. The van der Waals surface area contributed by atoms with E-state index in [-0.39, 0.29) is 18.8 Å². The average Bonchev–Trinajstić information content (AvgIpc) is 2.36. The molecule has 0 aliphatic heterocycles. The summed E-state index contributed by atoms with van der Waals surface area (Å²) in [6.07, 6.45) is 0.262. The van der Waals surface area contributed by atoms with Crippen LogP contribution in [0.1, 0.15) is 39.1 Å². The summed E-state index contributed by atoms with van der Waals surface area (Å²) >= 11 is 3.18. The van der Waals surface area contributed by atoms with Gasteiger partial charge < -0.3 is 20.3 Å². The maximum Gasteiger partial charge on any atom is 0.407 e. The first-order chi connectivity index (χ1) is 9.69. The van der Waals surface area contributed by atoms with Crippen molar-refractivity contribution in [2.75, 3.05) is 6.54 Å². The van der Waals surface area contributed by atoms with E-state index in [1.54, 1.807) is 20.8 Å². The highest BCUT2D eigenvalue weighted by atomic mass is 79.9. The van der Waals surface area contributed by atoms with E-state index in [1.165, 1.54) is 12.4 Å². The van der Waals surface area contributed by atoms with Gasteiger partial charge in [-0.3, -0.25) is 0 Å². The zero-order valence-electron chi connectivity index (χ0n) is 12.2. The summed E-state index contributed by atoms with van der Waals surface area (Å²) in [4.78, 5) is 19.2. The van der Waals surface area contributed by atoms with Crippen LogP contribution in [0.3, 0.4) is 0 Å². The normalized spacial score (nSPS) is 14.4. The van der Waals surface area contributed by atoms with E-state index in [4.69, 9.17) is 4.74 Å². The van der Waals surface area contributed by atoms with Crippen molar-refractivity contribution < 1.29 is 19.7 Å². The first kappa shape index (κ1) is 17.8. The van der Waals surface area contributed by atoms with Crippen molar-refractivity contribution in [1.82, 2.24) is 15.3 Å². The number of amides is 1. The number of rotatable bonds is 5. The fraction of sp³-hybridized carbons (Fsp3) is 0.615. The molecule has 0 bridgehead atoms. The molecule has 0 saturated carbocycles. The summed E-state index contributed by atoms with van der Waals surface area (Å²) in [5.41, 5.74) is -0.576. The Hall–Kier alpha value is -1.25. The Labute approximate surface area is 131 Å². The monoisotopic (exact) mass is 361 g/mol. The van der Waals surface area contributed by atoms with Gasteiger partial charge in [0, 0.05) is 18.9 Å². The smallest absolute Gasteiger partial charge is 0.407 e. The molecule has 7 nitrogen and oxygen atoms in total. The number of aliphatic hydroxyl groups is 2. The minimum atomic E-state index is -1.21. The third-order valence-corrected chi connectivity index (χ3v) is 2.79. The quantitative estimate of drug-likeness (QED) is 0.734. The molecule has 1 rings (SSSR count). The van der Waals surface area contributed by atoms with Gasteiger partial charge in [-0.25, -0.2) is 14.8 Å². The summed E-state index contributed by atoms with van der Waals surface area (Å²) in [5, 5.41) is 22.3. The van der Waals surface area contributed by atoms with E-state index in [0.29, 0.717) is 4.47 Å². The van der Waals surface area contributed by atoms with Crippen LogP contribution in [0.4, 0.5) is 4.79 Å². The molecule has 1 aromatic heterocycles.